The zero-order valence-electron chi connectivity index (χ0n) is 13.8. The summed E-state index contributed by atoms with van der Waals surface area (Å²) in [7, 11) is 0. The van der Waals surface area contributed by atoms with E-state index < -0.39 is 0 Å². The highest BCUT2D eigenvalue weighted by atomic mass is 79.9. The van der Waals surface area contributed by atoms with E-state index in [1.54, 1.807) is 11.0 Å². The molecule has 0 spiro atoms. The third-order valence-electron chi connectivity index (χ3n) is 4.28. The number of nitrogens with zero attached hydrogens (tertiary/aromatic N) is 3. The van der Waals surface area contributed by atoms with Gasteiger partial charge in [0.1, 0.15) is 17.7 Å². The second-order valence-electron chi connectivity index (χ2n) is 5.96. The van der Waals surface area contributed by atoms with Gasteiger partial charge in [0.2, 0.25) is 0 Å². The predicted octanol–water partition coefficient (Wildman–Crippen LogP) is 4.41. The molecular weight excluding hydrogens is 378 g/mol. The fraction of sp³-hybridized carbons (Fsp3) is 0.150. The number of aryl methyl sites for hydroxylation is 2. The Kier molecular flexibility index (Phi) is 4.44. The number of allylic oxidation sites excluding steroid dienone is 1. The molecule has 0 fully saturated rings. The van der Waals surface area contributed by atoms with Crippen molar-refractivity contribution in [1.29, 1.82) is 10.5 Å². The molecule has 0 aromatic heterocycles. The van der Waals surface area contributed by atoms with Crippen LogP contribution in [0.4, 0.5) is 5.69 Å². The molecule has 122 valence electrons. The molecule has 3 rings (SSSR count). The van der Waals surface area contributed by atoms with Crippen molar-refractivity contribution in [2.24, 2.45) is 0 Å². The molecule has 0 N–H and O–H groups in total. The highest BCUT2D eigenvalue weighted by Gasteiger charge is 2.35. The molecule has 0 saturated heterocycles. The Bertz CT molecular complexity index is 993. The molecule has 2 aromatic rings. The lowest BCUT2D eigenvalue weighted by Crippen LogP contribution is -2.26. The summed E-state index contributed by atoms with van der Waals surface area (Å²) in [5, 5.41) is 18.5. The van der Waals surface area contributed by atoms with E-state index in [1.165, 1.54) is 0 Å². The molecule has 4 nitrogen and oxygen atoms in total. The van der Waals surface area contributed by atoms with Crippen LogP contribution in [0.2, 0.25) is 0 Å². The van der Waals surface area contributed by atoms with Crippen molar-refractivity contribution in [2.45, 2.75) is 20.4 Å². The number of anilines is 1. The van der Waals surface area contributed by atoms with Crippen molar-refractivity contribution in [1.82, 2.24) is 0 Å². The first kappa shape index (κ1) is 17.0. The summed E-state index contributed by atoms with van der Waals surface area (Å²) < 4.78 is 0.792. The lowest BCUT2D eigenvalue weighted by atomic mass is 10.0. The second kappa shape index (κ2) is 6.55. The molecule has 1 aliphatic rings. The largest absolute Gasteiger partial charge is 0.303 e. The number of carbonyl (C=O) groups excluding carboxylic acids is 1. The predicted molar refractivity (Wildman–Crippen MR) is 99.4 cm³/mol. The Hall–Kier alpha value is -2.89. The Morgan fingerprint density at radius 1 is 1.12 bits per heavy atom. The minimum Gasteiger partial charge on any atom is -0.303 e. The van der Waals surface area contributed by atoms with Crippen LogP contribution in [0, 0.1) is 36.5 Å². The number of fused-ring (bicyclic) bond motifs is 1. The maximum absolute atomic E-state index is 13.0. The third kappa shape index (κ3) is 2.95. The molecule has 0 atom stereocenters. The fourth-order valence-corrected chi connectivity index (χ4v) is 3.39. The molecular formula is C20H14BrN3O. The average Bonchev–Trinajstić information content (AvgIpc) is 2.84. The Morgan fingerprint density at radius 3 is 2.48 bits per heavy atom. The monoisotopic (exact) mass is 391 g/mol. The minimum absolute atomic E-state index is 0.160. The molecule has 2 aromatic carbocycles. The van der Waals surface area contributed by atoms with Crippen molar-refractivity contribution < 1.29 is 4.79 Å². The molecule has 1 heterocycles. The smallest absolute Gasteiger partial charge is 0.261 e. The topological polar surface area (TPSA) is 67.9 Å². The molecule has 0 unspecified atom stereocenters. The number of hydrogen-bond acceptors (Lipinski definition) is 3. The molecule has 25 heavy (non-hydrogen) atoms. The number of hydrogen-bond donors (Lipinski definition) is 0. The maximum Gasteiger partial charge on any atom is 0.261 e. The second-order valence-corrected chi connectivity index (χ2v) is 6.87. The molecule has 0 aliphatic carbocycles. The lowest BCUT2D eigenvalue weighted by molar-refractivity contribution is -0.113. The summed E-state index contributed by atoms with van der Waals surface area (Å²) >= 11 is 3.39. The van der Waals surface area contributed by atoms with E-state index >= 15 is 0 Å². The normalized spacial score (nSPS) is 12.6. The number of amides is 1. The van der Waals surface area contributed by atoms with Crippen LogP contribution in [0.25, 0.3) is 5.57 Å². The van der Waals surface area contributed by atoms with E-state index in [-0.39, 0.29) is 17.1 Å². The summed E-state index contributed by atoms with van der Waals surface area (Å²) in [6, 6.07) is 15.2. The van der Waals surface area contributed by atoms with Gasteiger partial charge in [-0.2, -0.15) is 10.5 Å². The zero-order chi connectivity index (χ0) is 18.1. The van der Waals surface area contributed by atoms with Crippen LogP contribution < -0.4 is 4.90 Å². The molecule has 1 aliphatic heterocycles. The Labute approximate surface area is 154 Å². The van der Waals surface area contributed by atoms with Crippen LogP contribution in [0.15, 0.2) is 46.4 Å². The van der Waals surface area contributed by atoms with Gasteiger partial charge in [-0.3, -0.25) is 4.79 Å². The number of rotatable bonds is 2. The first-order chi connectivity index (χ1) is 12.0. The number of halogens is 1. The molecule has 0 bridgehead atoms. The number of carbonyl (C=O) groups is 1. The summed E-state index contributed by atoms with van der Waals surface area (Å²) in [5.74, 6) is -0.314. The van der Waals surface area contributed by atoms with Gasteiger partial charge in [0.25, 0.3) is 5.91 Å². The van der Waals surface area contributed by atoms with E-state index in [4.69, 9.17) is 0 Å². The van der Waals surface area contributed by atoms with Crippen molar-refractivity contribution in [3.63, 3.8) is 0 Å². The highest BCUT2D eigenvalue weighted by molar-refractivity contribution is 9.10. The molecule has 0 saturated carbocycles. The minimum atomic E-state index is -0.314. The van der Waals surface area contributed by atoms with Crippen LogP contribution >= 0.6 is 15.9 Å². The lowest BCUT2D eigenvalue weighted by Gasteiger charge is -2.19. The molecule has 5 heteroatoms. The van der Waals surface area contributed by atoms with Crippen molar-refractivity contribution in [2.75, 3.05) is 4.90 Å². The van der Waals surface area contributed by atoms with E-state index in [9.17, 15) is 15.3 Å². The number of nitriles is 2. The number of benzene rings is 2. The van der Waals surface area contributed by atoms with Gasteiger partial charge in [-0.15, -0.1) is 0 Å². The molecule has 1 amide bonds. The van der Waals surface area contributed by atoms with E-state index in [0.717, 1.165) is 21.2 Å². The van der Waals surface area contributed by atoms with Gasteiger partial charge in [0, 0.05) is 10.0 Å². The zero-order valence-corrected chi connectivity index (χ0v) is 15.4. The van der Waals surface area contributed by atoms with Gasteiger partial charge in [-0.05, 0) is 43.2 Å². The van der Waals surface area contributed by atoms with Gasteiger partial charge in [0.05, 0.1) is 17.8 Å². The van der Waals surface area contributed by atoms with Crippen LogP contribution in [-0.2, 0) is 11.3 Å². The van der Waals surface area contributed by atoms with Crippen LogP contribution in [0.3, 0.4) is 0 Å². The van der Waals surface area contributed by atoms with Crippen molar-refractivity contribution in [3.8, 4) is 12.1 Å². The van der Waals surface area contributed by atoms with Crippen LogP contribution in [0.5, 0.6) is 0 Å². The summed E-state index contributed by atoms with van der Waals surface area (Å²) in [4.78, 5) is 14.6. The first-order valence-corrected chi connectivity index (χ1v) is 8.48. The first-order valence-electron chi connectivity index (χ1n) is 7.68. The Balaban J connectivity index is 2.14. The summed E-state index contributed by atoms with van der Waals surface area (Å²) in [6.45, 7) is 4.43. The summed E-state index contributed by atoms with van der Waals surface area (Å²) in [6.07, 6.45) is 0. The van der Waals surface area contributed by atoms with Crippen molar-refractivity contribution in [3.05, 3.63) is 68.7 Å². The fourth-order valence-electron chi connectivity index (χ4n) is 3.03. The third-order valence-corrected chi connectivity index (χ3v) is 4.77. The van der Waals surface area contributed by atoms with Crippen molar-refractivity contribution >= 4 is 33.1 Å². The van der Waals surface area contributed by atoms with Crippen LogP contribution in [-0.4, -0.2) is 5.91 Å². The van der Waals surface area contributed by atoms with E-state index in [1.807, 2.05) is 50.3 Å². The average molecular weight is 392 g/mol. The SMILES string of the molecule is Cc1ccc(CN2C(=O)C(=C(C#N)C#N)c3cc(Br)ccc32)c(C)c1. The summed E-state index contributed by atoms with van der Waals surface area (Å²) in [5.41, 5.74) is 4.64. The van der Waals surface area contributed by atoms with Gasteiger partial charge < -0.3 is 4.90 Å². The van der Waals surface area contributed by atoms with Crippen LogP contribution in [0.1, 0.15) is 22.3 Å². The standard InChI is InChI=1S/C20H14BrN3O/c1-12-3-4-14(13(2)7-12)11-24-18-6-5-16(21)8-17(18)19(20(24)25)15(9-22)10-23/h3-8H,11H2,1-2H3. The molecule has 0 radical (unpaired) electrons. The van der Waals surface area contributed by atoms with Gasteiger partial charge in [-0.25, -0.2) is 0 Å². The highest BCUT2D eigenvalue weighted by Crippen LogP contribution is 2.40. The van der Waals surface area contributed by atoms with Gasteiger partial charge in [0.15, 0.2) is 0 Å². The van der Waals surface area contributed by atoms with E-state index in [2.05, 4.69) is 22.0 Å². The quantitative estimate of drug-likeness (QED) is 0.562. The maximum atomic E-state index is 13.0. The Morgan fingerprint density at radius 2 is 1.84 bits per heavy atom. The van der Waals surface area contributed by atoms with Gasteiger partial charge in [-0.1, -0.05) is 39.7 Å². The van der Waals surface area contributed by atoms with E-state index in [0.29, 0.717) is 17.8 Å². The van der Waals surface area contributed by atoms with Gasteiger partial charge >= 0.3 is 0 Å².